The van der Waals surface area contributed by atoms with E-state index in [0.717, 1.165) is 6.42 Å². The fourth-order valence-electron chi connectivity index (χ4n) is 2.17. The summed E-state index contributed by atoms with van der Waals surface area (Å²) in [7, 11) is 1.73. The second-order valence-electron chi connectivity index (χ2n) is 7.55. The highest BCUT2D eigenvalue weighted by molar-refractivity contribution is 5.68. The largest absolute Gasteiger partial charge is 0.450 e. The van der Waals surface area contributed by atoms with E-state index in [1.807, 2.05) is 27.7 Å². The molecule has 0 heterocycles. The number of rotatable bonds is 3. The van der Waals surface area contributed by atoms with Crippen LogP contribution in [0.4, 0.5) is 4.79 Å². The SMILES string of the molecule is CCC(C(C)O)C(C)(C)C.CCOC(=O)N(C)C(C)(C)C. The van der Waals surface area contributed by atoms with E-state index in [0.29, 0.717) is 12.5 Å². The Labute approximate surface area is 131 Å². The van der Waals surface area contributed by atoms with Crippen molar-refractivity contribution in [1.82, 2.24) is 4.90 Å². The van der Waals surface area contributed by atoms with E-state index >= 15 is 0 Å². The van der Waals surface area contributed by atoms with Crippen molar-refractivity contribution in [3.05, 3.63) is 0 Å². The first-order valence-electron chi connectivity index (χ1n) is 7.87. The number of carbonyl (C=O) groups is 1. The molecular formula is C17H37NO3. The Hall–Kier alpha value is -0.770. The number of hydrogen-bond donors (Lipinski definition) is 1. The third-order valence-corrected chi connectivity index (χ3v) is 3.68. The zero-order valence-electron chi connectivity index (χ0n) is 15.8. The molecule has 4 heteroatoms. The van der Waals surface area contributed by atoms with Crippen LogP contribution in [0.1, 0.15) is 68.7 Å². The van der Waals surface area contributed by atoms with E-state index in [4.69, 9.17) is 4.74 Å². The van der Waals surface area contributed by atoms with E-state index in [2.05, 4.69) is 27.7 Å². The van der Waals surface area contributed by atoms with Crippen LogP contribution >= 0.6 is 0 Å². The standard InChI is InChI=1S/C9H20O.C8H17NO2/c1-6-8(7(2)10)9(3,4)5;1-6-11-7(10)9(5)8(2,3)4/h7-8,10H,6H2,1-5H3;6H2,1-5H3. The lowest BCUT2D eigenvalue weighted by atomic mass is 9.76. The van der Waals surface area contributed by atoms with Crippen LogP contribution in [0.15, 0.2) is 0 Å². The number of hydrogen-bond acceptors (Lipinski definition) is 3. The molecule has 0 aromatic heterocycles. The second-order valence-corrected chi connectivity index (χ2v) is 7.55. The Bertz CT molecular complexity index is 287. The number of aliphatic hydroxyl groups excluding tert-OH is 1. The minimum Gasteiger partial charge on any atom is -0.450 e. The van der Waals surface area contributed by atoms with Gasteiger partial charge in [-0.05, 0) is 46.0 Å². The highest BCUT2D eigenvalue weighted by Crippen LogP contribution is 2.30. The topological polar surface area (TPSA) is 49.8 Å². The van der Waals surface area contributed by atoms with Gasteiger partial charge in [0.15, 0.2) is 0 Å². The molecule has 0 saturated heterocycles. The molecule has 4 nitrogen and oxygen atoms in total. The molecule has 21 heavy (non-hydrogen) atoms. The Balaban J connectivity index is 0. The summed E-state index contributed by atoms with van der Waals surface area (Å²) in [6.07, 6.45) is 0.617. The van der Waals surface area contributed by atoms with Crippen LogP contribution in [0.5, 0.6) is 0 Å². The van der Waals surface area contributed by atoms with Crippen LogP contribution in [-0.4, -0.2) is 41.4 Å². The molecule has 2 unspecified atom stereocenters. The molecule has 0 fully saturated rings. The van der Waals surface area contributed by atoms with Gasteiger partial charge in [-0.25, -0.2) is 4.79 Å². The van der Waals surface area contributed by atoms with Gasteiger partial charge in [0, 0.05) is 12.6 Å². The van der Waals surface area contributed by atoms with Gasteiger partial charge in [-0.15, -0.1) is 0 Å². The molecule has 0 radical (unpaired) electrons. The van der Waals surface area contributed by atoms with Crippen LogP contribution in [0.3, 0.4) is 0 Å². The summed E-state index contributed by atoms with van der Waals surface area (Å²) in [4.78, 5) is 12.7. The summed E-state index contributed by atoms with van der Waals surface area (Å²) in [5.74, 6) is 0.424. The first-order valence-corrected chi connectivity index (χ1v) is 7.87. The number of amides is 1. The Morgan fingerprint density at radius 1 is 1.14 bits per heavy atom. The predicted molar refractivity (Wildman–Crippen MR) is 89.5 cm³/mol. The maximum atomic E-state index is 11.1. The van der Waals surface area contributed by atoms with Crippen LogP contribution in [0.2, 0.25) is 0 Å². The van der Waals surface area contributed by atoms with Crippen LogP contribution in [-0.2, 0) is 4.74 Å². The van der Waals surface area contributed by atoms with Crippen molar-refractivity contribution in [2.24, 2.45) is 11.3 Å². The Morgan fingerprint density at radius 3 is 1.71 bits per heavy atom. The molecule has 0 spiro atoms. The lowest BCUT2D eigenvalue weighted by Gasteiger charge is -2.31. The van der Waals surface area contributed by atoms with Gasteiger partial charge in [0.25, 0.3) is 0 Å². The first kappa shape index (κ1) is 22.5. The average Bonchev–Trinajstić information content (AvgIpc) is 2.26. The zero-order chi connectivity index (χ0) is 17.4. The van der Waals surface area contributed by atoms with E-state index in [1.54, 1.807) is 18.9 Å². The van der Waals surface area contributed by atoms with Crippen molar-refractivity contribution < 1.29 is 14.6 Å². The van der Waals surface area contributed by atoms with Crippen molar-refractivity contribution in [1.29, 1.82) is 0 Å². The van der Waals surface area contributed by atoms with Crippen molar-refractivity contribution in [2.45, 2.75) is 80.4 Å². The van der Waals surface area contributed by atoms with Gasteiger partial charge in [0.2, 0.25) is 0 Å². The van der Waals surface area contributed by atoms with Gasteiger partial charge in [0.1, 0.15) is 0 Å². The smallest absolute Gasteiger partial charge is 0.409 e. The third-order valence-electron chi connectivity index (χ3n) is 3.68. The second kappa shape index (κ2) is 9.29. The maximum Gasteiger partial charge on any atom is 0.409 e. The molecule has 0 aliphatic rings. The van der Waals surface area contributed by atoms with Crippen LogP contribution in [0, 0.1) is 11.3 Å². The van der Waals surface area contributed by atoms with Crippen molar-refractivity contribution in [3.8, 4) is 0 Å². The highest BCUT2D eigenvalue weighted by Gasteiger charge is 2.26. The van der Waals surface area contributed by atoms with Gasteiger partial charge in [0.05, 0.1) is 12.7 Å². The van der Waals surface area contributed by atoms with Crippen LogP contribution in [0.25, 0.3) is 0 Å². The molecule has 2 atom stereocenters. The summed E-state index contributed by atoms with van der Waals surface area (Å²) in [6.45, 7) is 18.6. The summed E-state index contributed by atoms with van der Waals surface area (Å²) in [5, 5.41) is 9.35. The number of aliphatic hydroxyl groups is 1. The van der Waals surface area contributed by atoms with Gasteiger partial charge in [-0.1, -0.05) is 34.1 Å². The van der Waals surface area contributed by atoms with Gasteiger partial charge in [-0.3, -0.25) is 0 Å². The van der Waals surface area contributed by atoms with Gasteiger partial charge < -0.3 is 14.7 Å². The van der Waals surface area contributed by atoms with Crippen molar-refractivity contribution in [3.63, 3.8) is 0 Å². The average molecular weight is 303 g/mol. The fraction of sp³-hybridized carbons (Fsp3) is 0.941. The Kier molecular flexibility index (Phi) is 9.96. The predicted octanol–water partition coefficient (Wildman–Crippen LogP) is 4.31. The molecule has 0 rings (SSSR count). The maximum absolute atomic E-state index is 11.1. The lowest BCUT2D eigenvalue weighted by Crippen LogP contribution is -2.42. The van der Waals surface area contributed by atoms with Gasteiger partial charge >= 0.3 is 6.09 Å². The molecule has 1 amide bonds. The summed E-state index contributed by atoms with van der Waals surface area (Å²) < 4.78 is 4.82. The molecule has 0 bridgehead atoms. The quantitative estimate of drug-likeness (QED) is 0.845. The summed E-state index contributed by atoms with van der Waals surface area (Å²) in [5.41, 5.74) is 0.0785. The summed E-state index contributed by atoms with van der Waals surface area (Å²) >= 11 is 0. The molecule has 0 aliphatic heterocycles. The molecule has 0 aliphatic carbocycles. The van der Waals surface area contributed by atoms with E-state index in [9.17, 15) is 9.90 Å². The molecule has 0 aromatic rings. The molecule has 0 aromatic carbocycles. The summed E-state index contributed by atoms with van der Waals surface area (Å²) in [6, 6.07) is 0. The van der Waals surface area contributed by atoms with E-state index in [-0.39, 0.29) is 23.2 Å². The molecule has 1 N–H and O–H groups in total. The highest BCUT2D eigenvalue weighted by atomic mass is 16.6. The molecule has 0 saturated carbocycles. The normalized spacial score (nSPS) is 14.6. The number of carbonyl (C=O) groups excluding carboxylic acids is 1. The lowest BCUT2D eigenvalue weighted by molar-refractivity contribution is 0.0538. The first-order chi connectivity index (χ1) is 9.28. The van der Waals surface area contributed by atoms with E-state index < -0.39 is 0 Å². The monoisotopic (exact) mass is 303 g/mol. The van der Waals surface area contributed by atoms with Crippen molar-refractivity contribution in [2.75, 3.05) is 13.7 Å². The number of nitrogens with zero attached hydrogens (tertiary/aromatic N) is 1. The van der Waals surface area contributed by atoms with Gasteiger partial charge in [-0.2, -0.15) is 0 Å². The van der Waals surface area contributed by atoms with Crippen molar-refractivity contribution >= 4 is 6.09 Å². The Morgan fingerprint density at radius 2 is 1.57 bits per heavy atom. The minimum atomic E-state index is -0.264. The minimum absolute atomic E-state index is 0.160. The molecular weight excluding hydrogens is 266 g/mol. The zero-order valence-corrected chi connectivity index (χ0v) is 15.8. The molecule has 128 valence electrons. The third kappa shape index (κ3) is 9.72. The van der Waals surface area contributed by atoms with Crippen LogP contribution < -0.4 is 0 Å². The number of ether oxygens (including phenoxy) is 1. The van der Waals surface area contributed by atoms with E-state index in [1.165, 1.54) is 0 Å². The fourth-order valence-corrected chi connectivity index (χ4v) is 2.17.